The molecule has 27 heavy (non-hydrogen) atoms. The summed E-state index contributed by atoms with van der Waals surface area (Å²) in [5.41, 5.74) is -0.287. The van der Waals surface area contributed by atoms with Crippen molar-refractivity contribution in [1.29, 1.82) is 0 Å². The Morgan fingerprint density at radius 3 is 2.44 bits per heavy atom. The predicted molar refractivity (Wildman–Crippen MR) is 95.9 cm³/mol. The van der Waals surface area contributed by atoms with Crippen molar-refractivity contribution in [2.45, 2.75) is 52.4 Å². The highest BCUT2D eigenvalue weighted by atomic mass is 16.4. The second-order valence-corrected chi connectivity index (χ2v) is 9.19. The average Bonchev–Trinajstić information content (AvgIpc) is 2.98. The van der Waals surface area contributed by atoms with Gasteiger partial charge in [0, 0.05) is 5.92 Å². The van der Waals surface area contributed by atoms with E-state index in [1.54, 1.807) is 6.08 Å². The lowest BCUT2D eigenvalue weighted by molar-refractivity contribution is -0.154. The summed E-state index contributed by atoms with van der Waals surface area (Å²) in [6.07, 6.45) is 5.90. The van der Waals surface area contributed by atoms with Crippen molar-refractivity contribution in [2.75, 3.05) is 0 Å². The van der Waals surface area contributed by atoms with Gasteiger partial charge < -0.3 is 15.3 Å². The largest absolute Gasteiger partial charge is 0.504 e. The molecule has 4 aliphatic rings. The molecule has 4 rings (SSSR count). The lowest BCUT2D eigenvalue weighted by atomic mass is 9.46. The monoisotopic (exact) mass is 374 g/mol. The summed E-state index contributed by atoms with van der Waals surface area (Å²) in [4.78, 5) is 36.5. The zero-order valence-corrected chi connectivity index (χ0v) is 15.7. The van der Waals surface area contributed by atoms with Crippen LogP contribution in [-0.2, 0) is 14.4 Å². The van der Waals surface area contributed by atoms with Crippen molar-refractivity contribution in [3.63, 3.8) is 0 Å². The van der Waals surface area contributed by atoms with Crippen molar-refractivity contribution in [3.8, 4) is 0 Å². The number of ketones is 2. The third-order valence-electron chi connectivity index (χ3n) is 8.36. The lowest BCUT2D eigenvalue weighted by Gasteiger charge is -2.56. The van der Waals surface area contributed by atoms with Crippen LogP contribution in [0.4, 0.5) is 0 Å². The van der Waals surface area contributed by atoms with E-state index in [4.69, 9.17) is 0 Å². The van der Waals surface area contributed by atoms with Gasteiger partial charge in [0.1, 0.15) is 0 Å². The summed E-state index contributed by atoms with van der Waals surface area (Å²) in [7, 11) is 0. The summed E-state index contributed by atoms with van der Waals surface area (Å²) in [6, 6.07) is 0. The van der Waals surface area contributed by atoms with E-state index in [9.17, 15) is 29.7 Å². The molecule has 4 aliphatic carbocycles. The molecule has 0 saturated heterocycles. The molecule has 6 nitrogen and oxygen atoms in total. The highest BCUT2D eigenvalue weighted by Gasteiger charge is 2.62. The van der Waals surface area contributed by atoms with Crippen LogP contribution >= 0.6 is 0 Å². The molecular formula is C21H26O6. The lowest BCUT2D eigenvalue weighted by Crippen LogP contribution is -2.54. The molecule has 0 aliphatic heterocycles. The molecule has 6 atom stereocenters. The normalized spacial score (nSPS) is 43.5. The van der Waals surface area contributed by atoms with Gasteiger partial charge in [0.2, 0.25) is 17.3 Å². The molecule has 0 radical (unpaired) electrons. The molecule has 0 heterocycles. The Bertz CT molecular complexity index is 807. The molecule has 3 saturated carbocycles. The van der Waals surface area contributed by atoms with E-state index in [-0.39, 0.29) is 28.9 Å². The molecule has 146 valence electrons. The van der Waals surface area contributed by atoms with Crippen LogP contribution < -0.4 is 0 Å². The van der Waals surface area contributed by atoms with E-state index >= 15 is 0 Å². The quantitative estimate of drug-likeness (QED) is 0.639. The van der Waals surface area contributed by atoms with Crippen molar-refractivity contribution in [2.24, 2.45) is 34.5 Å². The van der Waals surface area contributed by atoms with Crippen molar-refractivity contribution in [1.82, 2.24) is 0 Å². The Labute approximate surface area is 158 Å². The van der Waals surface area contributed by atoms with Gasteiger partial charge in [-0.05, 0) is 74.7 Å². The Morgan fingerprint density at radius 2 is 1.78 bits per heavy atom. The first-order chi connectivity index (χ1) is 12.6. The summed E-state index contributed by atoms with van der Waals surface area (Å²) < 4.78 is 0. The number of hydrogen-bond donors (Lipinski definition) is 3. The Balaban J connectivity index is 1.69. The zero-order chi connectivity index (χ0) is 19.7. The number of fused-ring (bicyclic) bond motifs is 5. The molecule has 0 aromatic rings. The van der Waals surface area contributed by atoms with Crippen LogP contribution in [0.3, 0.4) is 0 Å². The number of carbonyl (C=O) groups excluding carboxylic acids is 2. The van der Waals surface area contributed by atoms with E-state index in [0.29, 0.717) is 25.7 Å². The first-order valence-electron chi connectivity index (χ1n) is 9.77. The molecule has 0 aromatic heterocycles. The second-order valence-electron chi connectivity index (χ2n) is 9.19. The molecule has 6 heteroatoms. The first-order valence-corrected chi connectivity index (χ1v) is 9.77. The Hall–Kier alpha value is -2.11. The van der Waals surface area contributed by atoms with Crippen LogP contribution in [0.25, 0.3) is 0 Å². The summed E-state index contributed by atoms with van der Waals surface area (Å²) >= 11 is 0. The summed E-state index contributed by atoms with van der Waals surface area (Å²) in [5, 5.41) is 29.2. The highest BCUT2D eigenvalue weighted by Crippen LogP contribution is 2.66. The first kappa shape index (κ1) is 18.3. The number of carboxylic acid groups (broad SMARTS) is 1. The van der Waals surface area contributed by atoms with Gasteiger partial charge in [-0.3, -0.25) is 9.59 Å². The number of rotatable bonds is 2. The number of aliphatic carboxylic acids is 1. The number of carboxylic acids is 1. The zero-order valence-electron chi connectivity index (χ0n) is 15.7. The van der Waals surface area contributed by atoms with Gasteiger partial charge >= 0.3 is 5.97 Å². The predicted octanol–water partition coefficient (Wildman–Crippen LogP) is 3.34. The van der Waals surface area contributed by atoms with Gasteiger partial charge in [0.15, 0.2) is 5.76 Å². The van der Waals surface area contributed by atoms with Gasteiger partial charge in [0.25, 0.3) is 0 Å². The maximum absolute atomic E-state index is 12.9. The van der Waals surface area contributed by atoms with Crippen LogP contribution in [0.5, 0.6) is 0 Å². The minimum absolute atomic E-state index is 0.0389. The number of hydrogen-bond acceptors (Lipinski definition) is 5. The van der Waals surface area contributed by atoms with Crippen molar-refractivity contribution in [3.05, 3.63) is 23.2 Å². The number of carbonyl (C=O) groups is 3. The summed E-state index contributed by atoms with van der Waals surface area (Å²) in [6.45, 7) is 3.92. The van der Waals surface area contributed by atoms with Gasteiger partial charge in [0.05, 0.1) is 5.41 Å². The van der Waals surface area contributed by atoms with Crippen LogP contribution in [0.15, 0.2) is 23.2 Å². The fraction of sp³-hybridized carbons (Fsp3) is 0.667. The van der Waals surface area contributed by atoms with Crippen LogP contribution in [-0.4, -0.2) is 32.9 Å². The van der Waals surface area contributed by atoms with Crippen molar-refractivity contribution < 1.29 is 29.7 Å². The average molecular weight is 374 g/mol. The second kappa shape index (κ2) is 5.69. The maximum Gasteiger partial charge on any atom is 0.372 e. The van der Waals surface area contributed by atoms with E-state index in [1.807, 2.05) is 13.8 Å². The molecule has 0 unspecified atom stereocenters. The third-order valence-corrected chi connectivity index (χ3v) is 8.36. The number of Topliss-reactive ketones (excluding diaryl/α,β-unsaturated/α-hetero) is 2. The fourth-order valence-corrected chi connectivity index (χ4v) is 6.94. The Morgan fingerprint density at radius 1 is 1.07 bits per heavy atom. The molecule has 0 amide bonds. The molecular weight excluding hydrogens is 348 g/mol. The van der Waals surface area contributed by atoms with Gasteiger partial charge in [-0.15, -0.1) is 0 Å². The van der Waals surface area contributed by atoms with E-state index in [1.165, 1.54) is 0 Å². The number of aliphatic hydroxyl groups is 2. The molecule has 3 N–H and O–H groups in total. The van der Waals surface area contributed by atoms with Crippen molar-refractivity contribution >= 4 is 17.5 Å². The molecule has 0 aromatic carbocycles. The summed E-state index contributed by atoms with van der Waals surface area (Å²) in [5.74, 6) is -3.33. The van der Waals surface area contributed by atoms with E-state index in [0.717, 1.165) is 18.4 Å². The third kappa shape index (κ3) is 2.21. The maximum atomic E-state index is 12.9. The topological polar surface area (TPSA) is 112 Å². The molecule has 3 fully saturated rings. The van der Waals surface area contributed by atoms with Crippen LogP contribution in [0.2, 0.25) is 0 Å². The van der Waals surface area contributed by atoms with Crippen LogP contribution in [0, 0.1) is 34.5 Å². The minimum Gasteiger partial charge on any atom is -0.504 e. The standard InChI is InChI=1S/C21H26O6/c1-20-8-7-13-11(12(20)5-6-14(20)16(23)19(26)27)4-3-10-9-15(22)17(24)18(25)21(10,13)2/h9,11-14,22,24H,3-8H2,1-2H3,(H,26,27)/t11-,12-,13-,14-,20-,21-/m0/s1. The molecule has 0 bridgehead atoms. The number of allylic oxidation sites excluding steroid dienone is 3. The van der Waals surface area contributed by atoms with E-state index < -0.39 is 34.6 Å². The SMILES string of the molecule is C[C@]12C(=O)C(O)=C(O)C=C1CC[C@@H]1[C@@H]2CC[C@]2(C)[C@H](C(=O)C(=O)O)CC[C@@H]12. The minimum atomic E-state index is -1.35. The highest BCUT2D eigenvalue weighted by molar-refractivity contribution is 6.33. The van der Waals surface area contributed by atoms with Gasteiger partial charge in [-0.2, -0.15) is 0 Å². The number of aliphatic hydroxyl groups excluding tert-OH is 2. The van der Waals surface area contributed by atoms with Crippen LogP contribution in [0.1, 0.15) is 52.4 Å². The molecule has 0 spiro atoms. The Kier molecular flexibility index (Phi) is 3.85. The smallest absolute Gasteiger partial charge is 0.372 e. The fourth-order valence-electron chi connectivity index (χ4n) is 6.94. The van der Waals surface area contributed by atoms with Gasteiger partial charge in [-0.1, -0.05) is 12.5 Å². The van der Waals surface area contributed by atoms with Gasteiger partial charge in [-0.25, -0.2) is 4.79 Å². The van der Waals surface area contributed by atoms with E-state index in [2.05, 4.69) is 0 Å².